The zero-order valence-electron chi connectivity index (χ0n) is 13.7. The summed E-state index contributed by atoms with van der Waals surface area (Å²) in [6, 6.07) is 13.9. The van der Waals surface area contributed by atoms with Crippen LogP contribution in [0, 0.1) is 18.3 Å². The van der Waals surface area contributed by atoms with Crippen molar-refractivity contribution < 1.29 is 0 Å². The number of benzene rings is 2. The Bertz CT molecular complexity index is 1100. The molecule has 1 atom stereocenters. The number of aromatic nitrogens is 2. The fourth-order valence-corrected chi connectivity index (χ4v) is 3.32. The Kier molecular flexibility index (Phi) is 4.99. The van der Waals surface area contributed by atoms with E-state index in [4.69, 9.17) is 23.2 Å². The molecule has 7 heteroatoms. The molecule has 0 saturated heterocycles. The number of H-pyrrole nitrogens is 1. The highest BCUT2D eigenvalue weighted by atomic mass is 35.5. The van der Waals surface area contributed by atoms with Gasteiger partial charge in [0.15, 0.2) is 0 Å². The third-order valence-corrected chi connectivity index (χ3v) is 4.61. The maximum absolute atomic E-state index is 12.0. The predicted octanol–water partition coefficient (Wildman–Crippen LogP) is 3.80. The first-order chi connectivity index (χ1) is 12.4. The van der Waals surface area contributed by atoms with Crippen molar-refractivity contribution in [3.05, 3.63) is 96.2 Å². The lowest BCUT2D eigenvalue weighted by atomic mass is 9.89. The molecule has 5 nitrogen and oxygen atoms in total. The third-order valence-electron chi connectivity index (χ3n) is 4.04. The molecule has 2 aromatic carbocycles. The Labute approximate surface area is 159 Å². The minimum Gasteiger partial charge on any atom is -0.274 e. The van der Waals surface area contributed by atoms with Crippen molar-refractivity contribution >= 4 is 23.2 Å². The van der Waals surface area contributed by atoms with Crippen LogP contribution in [0.2, 0.25) is 10.0 Å². The summed E-state index contributed by atoms with van der Waals surface area (Å²) >= 11 is 12.4. The number of aryl methyl sites for hydroxylation is 1. The minimum atomic E-state index is -0.568. The summed E-state index contributed by atoms with van der Waals surface area (Å²) in [7, 11) is 0. The topological polar surface area (TPSA) is 78.7 Å². The Morgan fingerprint density at radius 1 is 1.12 bits per heavy atom. The van der Waals surface area contributed by atoms with Gasteiger partial charge in [-0.05, 0) is 47.9 Å². The number of hydrogen-bond acceptors (Lipinski definition) is 3. The van der Waals surface area contributed by atoms with E-state index in [-0.39, 0.29) is 0 Å². The Morgan fingerprint density at radius 3 is 2.38 bits per heavy atom. The van der Waals surface area contributed by atoms with Gasteiger partial charge in [-0.3, -0.25) is 14.3 Å². The lowest BCUT2D eigenvalue weighted by Crippen LogP contribution is -2.27. The van der Waals surface area contributed by atoms with E-state index in [9.17, 15) is 14.9 Å². The van der Waals surface area contributed by atoms with Crippen molar-refractivity contribution in [2.45, 2.75) is 12.8 Å². The average Bonchev–Trinajstić information content (AvgIpc) is 2.59. The first kappa shape index (κ1) is 18.0. The quantitative estimate of drug-likeness (QED) is 0.744. The first-order valence-electron chi connectivity index (χ1n) is 7.68. The molecule has 0 spiro atoms. The number of halogens is 2. The highest BCUT2D eigenvalue weighted by Crippen LogP contribution is 2.34. The van der Waals surface area contributed by atoms with E-state index in [2.05, 4.69) is 11.1 Å². The molecule has 1 aromatic heterocycles. The van der Waals surface area contributed by atoms with Crippen LogP contribution in [-0.4, -0.2) is 9.55 Å². The van der Waals surface area contributed by atoms with Gasteiger partial charge in [-0.25, -0.2) is 4.79 Å². The highest BCUT2D eigenvalue weighted by Gasteiger charge is 2.20. The molecule has 130 valence electrons. The second kappa shape index (κ2) is 7.20. The zero-order valence-corrected chi connectivity index (χ0v) is 15.2. The maximum Gasteiger partial charge on any atom is 0.332 e. The summed E-state index contributed by atoms with van der Waals surface area (Å²) in [6.45, 7) is 1.82. The van der Waals surface area contributed by atoms with E-state index < -0.39 is 17.2 Å². The number of hydrogen-bond donors (Lipinski definition) is 1. The molecule has 0 aliphatic rings. The van der Waals surface area contributed by atoms with Crippen LogP contribution in [0.4, 0.5) is 0 Å². The van der Waals surface area contributed by atoms with Crippen molar-refractivity contribution in [1.82, 2.24) is 9.55 Å². The van der Waals surface area contributed by atoms with Crippen LogP contribution < -0.4 is 11.2 Å². The first-order valence-corrected chi connectivity index (χ1v) is 8.44. The van der Waals surface area contributed by atoms with Crippen molar-refractivity contribution in [1.29, 1.82) is 5.26 Å². The van der Waals surface area contributed by atoms with Crippen molar-refractivity contribution in [2.24, 2.45) is 0 Å². The van der Waals surface area contributed by atoms with Crippen LogP contribution in [0.15, 0.2) is 58.3 Å². The molecule has 1 N–H and O–H groups in total. The molecule has 0 saturated carbocycles. The molecule has 0 amide bonds. The standard InChI is InChI=1S/C19H13Cl2N3O2/c1-11-8-14(24-7-6-17(25)23-19(24)26)9-16(21)18(11)15(10-22)12-2-4-13(20)5-3-12/h2-9,15H,1H3,(H,23,25,26). The van der Waals surface area contributed by atoms with Crippen molar-refractivity contribution in [3.63, 3.8) is 0 Å². The van der Waals surface area contributed by atoms with Crippen molar-refractivity contribution in [3.8, 4) is 11.8 Å². The minimum absolute atomic E-state index is 0.361. The van der Waals surface area contributed by atoms with Crippen LogP contribution >= 0.6 is 23.2 Å². The fourth-order valence-electron chi connectivity index (χ4n) is 2.82. The van der Waals surface area contributed by atoms with E-state index in [1.165, 1.54) is 16.8 Å². The number of nitriles is 1. The normalized spacial score (nSPS) is 11.8. The molecule has 0 fully saturated rings. The number of nitrogens with one attached hydrogen (secondary N) is 1. The molecule has 3 aromatic rings. The molecule has 0 aliphatic carbocycles. The Balaban J connectivity index is 2.12. The maximum atomic E-state index is 12.0. The van der Waals surface area contributed by atoms with Crippen LogP contribution in [0.25, 0.3) is 5.69 Å². The summed E-state index contributed by atoms with van der Waals surface area (Å²) in [5, 5.41) is 10.6. The largest absolute Gasteiger partial charge is 0.332 e. The van der Waals surface area contributed by atoms with Crippen molar-refractivity contribution in [2.75, 3.05) is 0 Å². The lowest BCUT2D eigenvalue weighted by Gasteiger charge is -2.17. The van der Waals surface area contributed by atoms with Gasteiger partial charge in [-0.1, -0.05) is 35.3 Å². The van der Waals surface area contributed by atoms with E-state index in [0.717, 1.165) is 11.1 Å². The van der Waals surface area contributed by atoms with Crippen LogP contribution in [0.5, 0.6) is 0 Å². The van der Waals surface area contributed by atoms with Gasteiger partial charge in [0.25, 0.3) is 5.56 Å². The van der Waals surface area contributed by atoms with E-state index in [0.29, 0.717) is 21.3 Å². The number of nitrogens with zero attached hydrogens (tertiary/aromatic N) is 2. The Morgan fingerprint density at radius 2 is 1.81 bits per heavy atom. The smallest absolute Gasteiger partial charge is 0.274 e. The SMILES string of the molecule is Cc1cc(-n2ccc(=O)[nH]c2=O)cc(Cl)c1C(C#N)c1ccc(Cl)cc1. The molecule has 26 heavy (non-hydrogen) atoms. The molecular weight excluding hydrogens is 373 g/mol. The van der Waals surface area contributed by atoms with Gasteiger partial charge < -0.3 is 0 Å². The summed E-state index contributed by atoms with van der Waals surface area (Å²) in [6.07, 6.45) is 1.38. The summed E-state index contributed by atoms with van der Waals surface area (Å²) < 4.78 is 1.29. The van der Waals surface area contributed by atoms with Gasteiger partial charge in [0.05, 0.1) is 17.7 Å². The molecule has 0 bridgehead atoms. The van der Waals surface area contributed by atoms with Gasteiger partial charge in [-0.15, -0.1) is 0 Å². The zero-order chi connectivity index (χ0) is 18.8. The fraction of sp³-hybridized carbons (Fsp3) is 0.105. The van der Waals surface area contributed by atoms with Gasteiger partial charge in [0, 0.05) is 22.3 Å². The molecule has 0 radical (unpaired) electrons. The van der Waals surface area contributed by atoms with Crippen LogP contribution in [0.1, 0.15) is 22.6 Å². The van der Waals surface area contributed by atoms with Crippen LogP contribution in [-0.2, 0) is 0 Å². The molecule has 0 aliphatic heterocycles. The number of aromatic amines is 1. The highest BCUT2D eigenvalue weighted by molar-refractivity contribution is 6.32. The molecular formula is C19H13Cl2N3O2. The second-order valence-electron chi connectivity index (χ2n) is 5.75. The lowest BCUT2D eigenvalue weighted by molar-refractivity contribution is 0.891. The van der Waals surface area contributed by atoms with Gasteiger partial charge in [0.2, 0.25) is 0 Å². The molecule has 3 rings (SSSR count). The third kappa shape index (κ3) is 3.43. The van der Waals surface area contributed by atoms with Gasteiger partial charge in [0.1, 0.15) is 0 Å². The summed E-state index contributed by atoms with van der Waals surface area (Å²) in [5.41, 5.74) is 1.67. The summed E-state index contributed by atoms with van der Waals surface area (Å²) in [5.74, 6) is -0.568. The van der Waals surface area contributed by atoms with E-state index >= 15 is 0 Å². The molecule has 1 heterocycles. The second-order valence-corrected chi connectivity index (χ2v) is 6.60. The monoisotopic (exact) mass is 385 g/mol. The van der Waals surface area contributed by atoms with Crippen LogP contribution in [0.3, 0.4) is 0 Å². The summed E-state index contributed by atoms with van der Waals surface area (Å²) in [4.78, 5) is 25.4. The predicted molar refractivity (Wildman–Crippen MR) is 101 cm³/mol. The van der Waals surface area contributed by atoms with E-state index in [1.54, 1.807) is 36.4 Å². The Hall–Kier alpha value is -2.81. The molecule has 1 unspecified atom stereocenters. The number of rotatable bonds is 3. The average molecular weight is 386 g/mol. The van der Waals surface area contributed by atoms with E-state index in [1.807, 2.05) is 6.92 Å². The van der Waals surface area contributed by atoms with Gasteiger partial charge in [-0.2, -0.15) is 5.26 Å². The van der Waals surface area contributed by atoms with Gasteiger partial charge >= 0.3 is 5.69 Å².